The molecule has 0 radical (unpaired) electrons. The van der Waals surface area contributed by atoms with Gasteiger partial charge in [0.05, 0.1) is 25.4 Å². The van der Waals surface area contributed by atoms with Crippen molar-refractivity contribution in [3.05, 3.63) is 36.5 Å². The minimum Gasteiger partial charge on any atom is -0.462 e. The van der Waals surface area contributed by atoms with E-state index in [9.17, 15) is 19.0 Å². The lowest BCUT2D eigenvalue weighted by Crippen LogP contribution is -2.29. The molecule has 0 saturated carbocycles. The maximum absolute atomic E-state index is 12.5. The lowest BCUT2D eigenvalue weighted by molar-refractivity contribution is -0.161. The number of nitrogens with two attached hydrogens (primary N) is 1. The van der Waals surface area contributed by atoms with Crippen molar-refractivity contribution in [3.63, 3.8) is 0 Å². The molecule has 1 fully saturated rings. The highest BCUT2D eigenvalue weighted by atomic mass is 31.2. The molecule has 52 heavy (non-hydrogen) atoms. The zero-order chi connectivity index (χ0) is 38.0. The fourth-order valence-corrected chi connectivity index (χ4v) is 6.54. The first-order valence-corrected chi connectivity index (χ1v) is 22.1. The summed E-state index contributed by atoms with van der Waals surface area (Å²) in [5, 5.41) is 0. The monoisotopic (exact) mass is 756 g/mol. The van der Waals surface area contributed by atoms with Crippen molar-refractivity contribution in [2.24, 2.45) is 5.73 Å². The van der Waals surface area contributed by atoms with Crippen LogP contribution in [0.4, 0.5) is 0 Å². The number of esters is 2. The van der Waals surface area contributed by atoms with Gasteiger partial charge in [0.25, 0.3) is 0 Å². The average Bonchev–Trinajstić information content (AvgIpc) is 3.88. The van der Waals surface area contributed by atoms with E-state index in [0.29, 0.717) is 25.0 Å². The van der Waals surface area contributed by atoms with Crippen LogP contribution in [0.15, 0.2) is 36.5 Å². The zero-order valence-corrected chi connectivity index (χ0v) is 33.6. The Morgan fingerprint density at radius 2 is 1.25 bits per heavy atom. The topological polar surface area (TPSA) is 147 Å². The van der Waals surface area contributed by atoms with E-state index in [4.69, 9.17) is 29.0 Å². The van der Waals surface area contributed by atoms with Gasteiger partial charge in [-0.25, -0.2) is 4.57 Å². The summed E-state index contributed by atoms with van der Waals surface area (Å²) in [5.41, 5.74) is 5.33. The molecule has 10 nitrogen and oxygen atoms in total. The fourth-order valence-electron chi connectivity index (χ4n) is 5.78. The van der Waals surface area contributed by atoms with Crippen LogP contribution in [0, 0.1) is 0 Å². The van der Waals surface area contributed by atoms with Crippen molar-refractivity contribution < 1.29 is 42.3 Å². The highest BCUT2D eigenvalue weighted by Crippen LogP contribution is 2.43. The molecular formula is C41H74NO9P. The van der Waals surface area contributed by atoms with Crippen molar-refractivity contribution in [2.75, 3.05) is 26.4 Å². The van der Waals surface area contributed by atoms with Crippen molar-refractivity contribution in [1.82, 2.24) is 0 Å². The fraction of sp³-hybridized carbons (Fsp3) is 0.805. The van der Waals surface area contributed by atoms with E-state index >= 15 is 0 Å². The van der Waals surface area contributed by atoms with Gasteiger partial charge in [0.2, 0.25) is 0 Å². The highest BCUT2D eigenvalue weighted by molar-refractivity contribution is 7.47. The second kappa shape index (κ2) is 33.7. The van der Waals surface area contributed by atoms with E-state index in [1.807, 2.05) is 6.08 Å². The minimum atomic E-state index is -4.39. The highest BCUT2D eigenvalue weighted by Gasteiger charge is 2.36. The van der Waals surface area contributed by atoms with Crippen LogP contribution < -0.4 is 5.73 Å². The number of hydrogen-bond donors (Lipinski definition) is 2. The summed E-state index contributed by atoms with van der Waals surface area (Å²) in [6, 6.07) is 0. The Morgan fingerprint density at radius 3 is 1.88 bits per heavy atom. The van der Waals surface area contributed by atoms with Crippen LogP contribution >= 0.6 is 7.82 Å². The van der Waals surface area contributed by atoms with Crippen molar-refractivity contribution in [1.29, 1.82) is 0 Å². The van der Waals surface area contributed by atoms with Gasteiger partial charge in [-0.2, -0.15) is 0 Å². The molecule has 0 amide bonds. The van der Waals surface area contributed by atoms with Gasteiger partial charge in [0.1, 0.15) is 6.61 Å². The SMILES string of the molecule is CCCCCCCCCCCCCCCC(=O)OCC(COP(=O)(O)OCCN)OC(=O)CCC/C=C\C/C=C\C/C=C\CC1OC1CCCCC. The van der Waals surface area contributed by atoms with Crippen LogP contribution in [0.5, 0.6) is 0 Å². The van der Waals surface area contributed by atoms with Crippen LogP contribution in [0.25, 0.3) is 0 Å². The molecule has 4 atom stereocenters. The van der Waals surface area contributed by atoms with E-state index in [-0.39, 0.29) is 32.6 Å². The second-order valence-corrected chi connectivity index (χ2v) is 15.3. The molecule has 4 unspecified atom stereocenters. The molecule has 302 valence electrons. The summed E-state index contributed by atoms with van der Waals surface area (Å²) < 4.78 is 38.4. The third-order valence-corrected chi connectivity index (χ3v) is 9.94. The maximum Gasteiger partial charge on any atom is 0.472 e. The number of carbonyl (C=O) groups is 2. The predicted molar refractivity (Wildman–Crippen MR) is 210 cm³/mol. The normalized spacial score (nSPS) is 17.6. The molecule has 1 aliphatic heterocycles. The molecular weight excluding hydrogens is 681 g/mol. The predicted octanol–water partition coefficient (Wildman–Crippen LogP) is 10.4. The quantitative estimate of drug-likeness (QED) is 0.0206. The van der Waals surface area contributed by atoms with E-state index in [0.717, 1.165) is 38.5 Å². The Balaban J connectivity index is 2.23. The number of ether oxygens (including phenoxy) is 3. The van der Waals surface area contributed by atoms with Gasteiger partial charge in [-0.3, -0.25) is 18.6 Å². The number of unbranched alkanes of at least 4 members (excludes halogenated alkanes) is 15. The van der Waals surface area contributed by atoms with Crippen LogP contribution in [0.3, 0.4) is 0 Å². The molecule has 1 aliphatic rings. The van der Waals surface area contributed by atoms with Gasteiger partial charge in [-0.15, -0.1) is 0 Å². The summed E-state index contributed by atoms with van der Waals surface area (Å²) in [6.45, 7) is 3.62. The molecule has 1 heterocycles. The van der Waals surface area contributed by atoms with Gasteiger partial charge in [0.15, 0.2) is 6.10 Å². The van der Waals surface area contributed by atoms with Crippen molar-refractivity contribution in [2.45, 2.75) is 186 Å². The van der Waals surface area contributed by atoms with Gasteiger partial charge in [0, 0.05) is 19.4 Å². The van der Waals surface area contributed by atoms with Crippen LogP contribution in [-0.2, 0) is 37.4 Å². The van der Waals surface area contributed by atoms with Crippen LogP contribution in [-0.4, -0.2) is 61.5 Å². The Morgan fingerprint density at radius 1 is 0.692 bits per heavy atom. The lowest BCUT2D eigenvalue weighted by Gasteiger charge is -2.19. The molecule has 0 aliphatic carbocycles. The summed E-state index contributed by atoms with van der Waals surface area (Å²) in [7, 11) is -4.39. The van der Waals surface area contributed by atoms with Gasteiger partial charge >= 0.3 is 19.8 Å². The molecule has 0 aromatic carbocycles. The minimum absolute atomic E-state index is 0.0431. The third kappa shape index (κ3) is 30.6. The van der Waals surface area contributed by atoms with Gasteiger partial charge in [-0.1, -0.05) is 147 Å². The zero-order valence-electron chi connectivity index (χ0n) is 32.7. The molecule has 1 saturated heterocycles. The van der Waals surface area contributed by atoms with Crippen molar-refractivity contribution in [3.8, 4) is 0 Å². The number of rotatable bonds is 37. The first kappa shape index (κ1) is 48.2. The molecule has 0 aromatic rings. The molecule has 0 aromatic heterocycles. The summed E-state index contributed by atoms with van der Waals surface area (Å²) in [5.74, 6) is -0.897. The molecule has 1 rings (SSSR count). The van der Waals surface area contributed by atoms with Crippen LogP contribution in [0.1, 0.15) is 168 Å². The Hall–Kier alpha value is -1.81. The maximum atomic E-state index is 12.5. The van der Waals surface area contributed by atoms with Gasteiger partial charge < -0.3 is 24.8 Å². The number of phosphoric acid groups is 1. The number of carbonyl (C=O) groups excluding carboxylic acids is 2. The van der Waals surface area contributed by atoms with Crippen LogP contribution in [0.2, 0.25) is 0 Å². The first-order valence-electron chi connectivity index (χ1n) is 20.6. The lowest BCUT2D eigenvalue weighted by atomic mass is 10.0. The Kier molecular flexibility index (Phi) is 31.3. The molecule has 3 N–H and O–H groups in total. The summed E-state index contributed by atoms with van der Waals surface area (Å²) >= 11 is 0. The average molecular weight is 756 g/mol. The molecule has 0 spiro atoms. The summed E-state index contributed by atoms with van der Waals surface area (Å²) in [4.78, 5) is 34.8. The summed E-state index contributed by atoms with van der Waals surface area (Å²) in [6.07, 6.45) is 37.8. The van der Waals surface area contributed by atoms with E-state index in [1.54, 1.807) is 0 Å². The van der Waals surface area contributed by atoms with E-state index in [2.05, 4.69) is 44.2 Å². The Labute approximate surface area is 316 Å². The van der Waals surface area contributed by atoms with Gasteiger partial charge in [-0.05, 0) is 44.9 Å². The number of hydrogen-bond acceptors (Lipinski definition) is 9. The second-order valence-electron chi connectivity index (χ2n) is 13.9. The van der Waals surface area contributed by atoms with E-state index < -0.39 is 32.5 Å². The molecule has 0 bridgehead atoms. The van der Waals surface area contributed by atoms with E-state index in [1.165, 1.54) is 89.9 Å². The third-order valence-electron chi connectivity index (χ3n) is 8.95. The standard InChI is InChI=1S/C41H74NO9P/c1-3-5-7-8-9-10-11-12-13-17-20-23-27-31-40(43)47-35-37(36-49-52(45,46)48-34-33-42)50-41(44)32-28-24-21-18-15-14-16-19-22-26-30-39-38(51-39)29-25-6-4-2/h14,16,18,21-22,26,37-39H,3-13,15,17,19-20,23-25,27-36,42H2,1-2H3,(H,45,46)/b16-14-,21-18-,26-22-. The number of allylic oxidation sites excluding steroid dienone is 5. The Bertz CT molecular complexity index is 1020. The number of epoxide rings is 1. The largest absolute Gasteiger partial charge is 0.472 e. The first-order chi connectivity index (χ1) is 25.3. The van der Waals surface area contributed by atoms with Crippen molar-refractivity contribution >= 4 is 19.8 Å². The number of phosphoric ester groups is 1. The molecule has 11 heteroatoms. The smallest absolute Gasteiger partial charge is 0.462 e.